The predicted molar refractivity (Wildman–Crippen MR) is 89.5 cm³/mol. The highest BCUT2D eigenvalue weighted by atomic mass is 32.2. The number of pyridine rings is 1. The van der Waals surface area contributed by atoms with Crippen LogP contribution in [0.1, 0.15) is 19.5 Å². The molecule has 0 unspecified atom stereocenters. The zero-order chi connectivity index (χ0) is 16.4. The standard InChI is InChI=1S/C15H20N4O2S/c1-4-15(2,3)18-14(11-19(20)21)17-9-10-22-12-13-7-5-6-8-16-13/h1,5-8,11,17-18H,9-10,12H2,2-3H3. The van der Waals surface area contributed by atoms with Gasteiger partial charge < -0.3 is 10.6 Å². The molecule has 0 aliphatic heterocycles. The fourth-order valence-electron chi connectivity index (χ4n) is 1.52. The van der Waals surface area contributed by atoms with Gasteiger partial charge in [0.25, 0.3) is 6.20 Å². The lowest BCUT2D eigenvalue weighted by Gasteiger charge is -2.22. The summed E-state index contributed by atoms with van der Waals surface area (Å²) >= 11 is 1.70. The molecule has 0 aliphatic rings. The molecule has 0 bridgehead atoms. The molecule has 0 fully saturated rings. The molecule has 1 aromatic rings. The Balaban J connectivity index is 2.38. The third-order valence-electron chi connectivity index (χ3n) is 2.58. The van der Waals surface area contributed by atoms with Crippen LogP contribution in [0, 0.1) is 22.5 Å². The molecule has 0 radical (unpaired) electrons. The summed E-state index contributed by atoms with van der Waals surface area (Å²) < 4.78 is 0. The van der Waals surface area contributed by atoms with Gasteiger partial charge in [-0.25, -0.2) is 0 Å². The largest absolute Gasteiger partial charge is 0.366 e. The van der Waals surface area contributed by atoms with Crippen LogP contribution in [0.4, 0.5) is 0 Å². The Bertz CT molecular complexity index is 552. The van der Waals surface area contributed by atoms with Gasteiger partial charge in [0, 0.05) is 24.2 Å². The number of aromatic nitrogens is 1. The van der Waals surface area contributed by atoms with Crippen LogP contribution in [-0.2, 0) is 5.75 Å². The Morgan fingerprint density at radius 1 is 1.59 bits per heavy atom. The minimum atomic E-state index is -0.657. The monoisotopic (exact) mass is 320 g/mol. The second-order valence-electron chi connectivity index (χ2n) is 5.02. The van der Waals surface area contributed by atoms with E-state index in [9.17, 15) is 10.1 Å². The molecule has 22 heavy (non-hydrogen) atoms. The third-order valence-corrected chi connectivity index (χ3v) is 3.57. The van der Waals surface area contributed by atoms with Gasteiger partial charge in [0.1, 0.15) is 0 Å². The summed E-state index contributed by atoms with van der Waals surface area (Å²) in [5, 5.41) is 16.6. The van der Waals surface area contributed by atoms with E-state index in [0.29, 0.717) is 12.4 Å². The van der Waals surface area contributed by atoms with Crippen LogP contribution in [-0.4, -0.2) is 27.7 Å². The lowest BCUT2D eigenvalue weighted by molar-refractivity contribution is -0.404. The lowest BCUT2D eigenvalue weighted by atomic mass is 10.1. The summed E-state index contributed by atoms with van der Waals surface area (Å²) in [4.78, 5) is 14.4. The molecule has 0 amide bonds. The molecule has 2 N–H and O–H groups in total. The lowest BCUT2D eigenvalue weighted by Crippen LogP contribution is -2.42. The second kappa shape index (κ2) is 8.95. The Morgan fingerprint density at radius 2 is 2.36 bits per heavy atom. The first-order valence-corrected chi connectivity index (χ1v) is 7.91. The van der Waals surface area contributed by atoms with E-state index in [1.165, 1.54) is 0 Å². The number of nitrogens with one attached hydrogen (secondary N) is 2. The van der Waals surface area contributed by atoms with Gasteiger partial charge in [-0.1, -0.05) is 12.0 Å². The maximum absolute atomic E-state index is 10.6. The quantitative estimate of drug-likeness (QED) is 0.313. The number of rotatable bonds is 9. The number of nitro groups is 1. The minimum absolute atomic E-state index is 0.311. The molecular weight excluding hydrogens is 300 g/mol. The van der Waals surface area contributed by atoms with Crippen molar-refractivity contribution in [3.63, 3.8) is 0 Å². The maximum atomic E-state index is 10.6. The Kier molecular flexibility index (Phi) is 7.26. The van der Waals surface area contributed by atoms with Gasteiger partial charge in [-0.2, -0.15) is 11.8 Å². The molecule has 1 rings (SSSR count). The molecule has 0 aliphatic carbocycles. The number of thioether (sulfide) groups is 1. The summed E-state index contributed by atoms with van der Waals surface area (Å²) in [6.45, 7) is 4.14. The molecular formula is C15H20N4O2S. The third kappa shape index (κ3) is 7.55. The Labute approximate surface area is 134 Å². The second-order valence-corrected chi connectivity index (χ2v) is 6.13. The SMILES string of the molecule is C#CC(C)(C)NC(=C[N+](=O)[O-])NCCSCc1ccccn1. The van der Waals surface area contributed by atoms with Gasteiger partial charge in [0.05, 0.1) is 16.2 Å². The number of nitrogens with zero attached hydrogens (tertiary/aromatic N) is 2. The van der Waals surface area contributed by atoms with Crippen molar-refractivity contribution in [1.82, 2.24) is 15.6 Å². The highest BCUT2D eigenvalue weighted by molar-refractivity contribution is 7.98. The molecule has 0 atom stereocenters. The fraction of sp³-hybridized carbons (Fsp3) is 0.400. The summed E-state index contributed by atoms with van der Waals surface area (Å²) in [5.41, 5.74) is 0.357. The topological polar surface area (TPSA) is 80.1 Å². The van der Waals surface area contributed by atoms with Crippen LogP contribution in [0.25, 0.3) is 0 Å². The number of hydrogen-bond donors (Lipinski definition) is 2. The van der Waals surface area contributed by atoms with Crippen molar-refractivity contribution in [3.8, 4) is 12.3 Å². The number of terminal acetylenes is 1. The molecule has 7 heteroatoms. The van der Waals surface area contributed by atoms with Crippen LogP contribution in [0.5, 0.6) is 0 Å². The van der Waals surface area contributed by atoms with Crippen molar-refractivity contribution in [3.05, 3.63) is 52.2 Å². The van der Waals surface area contributed by atoms with E-state index in [-0.39, 0.29) is 0 Å². The fourth-order valence-corrected chi connectivity index (χ4v) is 2.29. The molecule has 0 saturated heterocycles. The summed E-state index contributed by atoms with van der Waals surface area (Å²) in [6, 6.07) is 5.80. The first kappa shape index (κ1) is 17.9. The van der Waals surface area contributed by atoms with Crippen LogP contribution >= 0.6 is 11.8 Å². The molecule has 0 saturated carbocycles. The predicted octanol–water partition coefficient (Wildman–Crippen LogP) is 1.98. The first-order valence-electron chi connectivity index (χ1n) is 6.76. The highest BCUT2D eigenvalue weighted by Gasteiger charge is 2.16. The van der Waals surface area contributed by atoms with Crippen molar-refractivity contribution >= 4 is 11.8 Å². The summed E-state index contributed by atoms with van der Waals surface area (Å²) in [7, 11) is 0. The molecule has 1 aromatic heterocycles. The molecule has 1 heterocycles. The smallest absolute Gasteiger partial charge is 0.274 e. The zero-order valence-electron chi connectivity index (χ0n) is 12.7. The maximum Gasteiger partial charge on any atom is 0.274 e. The van der Waals surface area contributed by atoms with Gasteiger partial charge in [0.15, 0.2) is 5.82 Å². The Morgan fingerprint density at radius 3 is 2.95 bits per heavy atom. The van der Waals surface area contributed by atoms with Gasteiger partial charge in [0.2, 0.25) is 0 Å². The minimum Gasteiger partial charge on any atom is -0.366 e. The zero-order valence-corrected chi connectivity index (χ0v) is 13.5. The molecule has 118 valence electrons. The van der Waals surface area contributed by atoms with Crippen LogP contribution in [0.2, 0.25) is 0 Å². The van der Waals surface area contributed by atoms with Crippen LogP contribution < -0.4 is 10.6 Å². The molecule has 6 nitrogen and oxygen atoms in total. The van der Waals surface area contributed by atoms with E-state index in [1.807, 2.05) is 18.2 Å². The van der Waals surface area contributed by atoms with Crippen molar-refractivity contribution in [1.29, 1.82) is 0 Å². The van der Waals surface area contributed by atoms with E-state index in [4.69, 9.17) is 6.42 Å². The van der Waals surface area contributed by atoms with E-state index in [2.05, 4.69) is 21.5 Å². The highest BCUT2D eigenvalue weighted by Crippen LogP contribution is 2.08. The molecule has 0 aromatic carbocycles. The van der Waals surface area contributed by atoms with Gasteiger partial charge >= 0.3 is 0 Å². The molecule has 0 spiro atoms. The van der Waals surface area contributed by atoms with Crippen molar-refractivity contribution in [2.75, 3.05) is 12.3 Å². The van der Waals surface area contributed by atoms with Crippen LogP contribution in [0.3, 0.4) is 0 Å². The number of hydrogen-bond acceptors (Lipinski definition) is 6. The van der Waals surface area contributed by atoms with Gasteiger partial charge in [-0.15, -0.1) is 6.42 Å². The van der Waals surface area contributed by atoms with E-state index in [0.717, 1.165) is 23.4 Å². The Hall–Kier alpha value is -2.20. The summed E-state index contributed by atoms with van der Waals surface area (Å²) in [5.74, 6) is 4.45. The van der Waals surface area contributed by atoms with Crippen molar-refractivity contribution in [2.45, 2.75) is 25.1 Å². The normalized spacial score (nSPS) is 11.6. The van der Waals surface area contributed by atoms with Crippen molar-refractivity contribution in [2.24, 2.45) is 0 Å². The van der Waals surface area contributed by atoms with Crippen molar-refractivity contribution < 1.29 is 4.92 Å². The first-order chi connectivity index (χ1) is 10.4. The average molecular weight is 320 g/mol. The van der Waals surface area contributed by atoms with E-state index in [1.54, 1.807) is 31.8 Å². The van der Waals surface area contributed by atoms with E-state index < -0.39 is 10.5 Å². The van der Waals surface area contributed by atoms with Gasteiger partial charge in [-0.3, -0.25) is 15.1 Å². The van der Waals surface area contributed by atoms with Gasteiger partial charge in [-0.05, 0) is 26.0 Å². The summed E-state index contributed by atoms with van der Waals surface area (Å²) in [6.07, 6.45) is 8.03. The average Bonchev–Trinajstić information content (AvgIpc) is 2.47. The van der Waals surface area contributed by atoms with E-state index >= 15 is 0 Å². The van der Waals surface area contributed by atoms with Crippen LogP contribution in [0.15, 0.2) is 36.4 Å².